The minimum Gasteiger partial charge on any atom is -0.493 e. The minimum absolute atomic E-state index is 0.366. The number of piperidine rings is 1. The number of benzene rings is 2. The van der Waals surface area contributed by atoms with Gasteiger partial charge in [0.25, 0.3) is 0 Å². The molecule has 2 aliphatic heterocycles. The summed E-state index contributed by atoms with van der Waals surface area (Å²) in [4.78, 5) is 17.2. The second kappa shape index (κ2) is 10.9. The highest BCUT2D eigenvalue weighted by Crippen LogP contribution is 2.35. The van der Waals surface area contributed by atoms with Crippen LogP contribution < -0.4 is 19.7 Å². The fourth-order valence-corrected chi connectivity index (χ4v) is 5.20. The molecule has 2 aliphatic rings. The van der Waals surface area contributed by atoms with E-state index < -0.39 is 0 Å². The number of likely N-dealkylation sites (N-methyl/N-ethyl adjacent to an activating group) is 1. The first-order chi connectivity index (χ1) is 17.5. The molecule has 5 rings (SSSR count). The first kappa shape index (κ1) is 24.6. The van der Waals surface area contributed by atoms with E-state index >= 15 is 0 Å². The van der Waals surface area contributed by atoms with E-state index in [1.54, 1.807) is 14.2 Å². The second-order valence-corrected chi connectivity index (χ2v) is 10.1. The summed E-state index contributed by atoms with van der Waals surface area (Å²) in [6.45, 7) is 9.17. The fraction of sp³-hybridized carbons (Fsp3) is 0.500. The van der Waals surface area contributed by atoms with Gasteiger partial charge in [0.05, 0.1) is 19.7 Å². The molecule has 1 aromatic heterocycles. The largest absolute Gasteiger partial charge is 0.493 e. The quantitative estimate of drug-likeness (QED) is 0.537. The highest BCUT2D eigenvalue weighted by Gasteiger charge is 2.23. The number of hydrogen-bond donors (Lipinski definition) is 1. The first-order valence-electron chi connectivity index (χ1n) is 12.9. The van der Waals surface area contributed by atoms with Gasteiger partial charge < -0.3 is 24.6 Å². The van der Waals surface area contributed by atoms with Gasteiger partial charge in [-0.05, 0) is 38.4 Å². The fourth-order valence-electron chi connectivity index (χ4n) is 5.20. The van der Waals surface area contributed by atoms with Gasteiger partial charge in [0.2, 0.25) is 5.95 Å². The molecule has 2 fully saturated rings. The van der Waals surface area contributed by atoms with Gasteiger partial charge in [0.1, 0.15) is 5.82 Å². The molecule has 0 spiro atoms. The Morgan fingerprint density at radius 3 is 2.33 bits per heavy atom. The molecule has 2 saturated heterocycles. The number of anilines is 2. The van der Waals surface area contributed by atoms with E-state index in [9.17, 15) is 0 Å². The van der Waals surface area contributed by atoms with Crippen molar-refractivity contribution in [1.82, 2.24) is 19.8 Å². The third-order valence-electron chi connectivity index (χ3n) is 7.39. The summed E-state index contributed by atoms with van der Waals surface area (Å²) in [6, 6.07) is 13.2. The van der Waals surface area contributed by atoms with Crippen LogP contribution in [0.3, 0.4) is 0 Å². The maximum Gasteiger partial charge on any atom is 0.227 e. The molecule has 0 amide bonds. The van der Waals surface area contributed by atoms with E-state index in [0.29, 0.717) is 17.5 Å². The molecule has 36 heavy (non-hydrogen) atoms. The van der Waals surface area contributed by atoms with E-state index in [0.717, 1.165) is 81.3 Å². The number of hydrogen-bond acceptors (Lipinski definition) is 8. The van der Waals surface area contributed by atoms with Gasteiger partial charge in [0, 0.05) is 63.3 Å². The Labute approximate surface area is 214 Å². The third kappa shape index (κ3) is 5.50. The Morgan fingerprint density at radius 1 is 0.917 bits per heavy atom. The summed E-state index contributed by atoms with van der Waals surface area (Å²) in [5.41, 5.74) is 3.58. The van der Waals surface area contributed by atoms with Crippen molar-refractivity contribution in [3.63, 3.8) is 0 Å². The molecule has 0 radical (unpaired) electrons. The van der Waals surface area contributed by atoms with E-state index in [2.05, 4.69) is 58.3 Å². The molecule has 8 heteroatoms. The highest BCUT2D eigenvalue weighted by atomic mass is 16.5. The molecular weight excluding hydrogens is 452 g/mol. The molecule has 1 N–H and O–H groups in total. The smallest absolute Gasteiger partial charge is 0.227 e. The average molecular weight is 491 g/mol. The lowest BCUT2D eigenvalue weighted by atomic mass is 10.0. The van der Waals surface area contributed by atoms with E-state index in [-0.39, 0.29) is 0 Å². The number of fused-ring (bicyclic) bond motifs is 1. The molecule has 8 nitrogen and oxygen atoms in total. The van der Waals surface area contributed by atoms with Crippen molar-refractivity contribution in [3.05, 3.63) is 47.5 Å². The molecule has 0 aliphatic carbocycles. The van der Waals surface area contributed by atoms with Crippen molar-refractivity contribution in [2.75, 3.05) is 70.8 Å². The summed E-state index contributed by atoms with van der Waals surface area (Å²) < 4.78 is 11.2. The minimum atomic E-state index is 0.366. The number of aromatic nitrogens is 2. The van der Waals surface area contributed by atoms with Gasteiger partial charge in [-0.3, -0.25) is 4.90 Å². The van der Waals surface area contributed by atoms with Crippen molar-refractivity contribution >= 4 is 22.7 Å². The number of rotatable bonds is 7. The van der Waals surface area contributed by atoms with Crippen molar-refractivity contribution in [2.45, 2.75) is 32.4 Å². The third-order valence-corrected chi connectivity index (χ3v) is 7.39. The van der Waals surface area contributed by atoms with Crippen molar-refractivity contribution in [1.29, 1.82) is 0 Å². The molecule has 2 aromatic carbocycles. The molecule has 0 saturated carbocycles. The number of ether oxygens (including phenoxy) is 2. The molecule has 3 heterocycles. The molecule has 192 valence electrons. The normalized spacial score (nSPS) is 17.9. The zero-order valence-corrected chi connectivity index (χ0v) is 22.0. The van der Waals surface area contributed by atoms with E-state index in [4.69, 9.17) is 19.4 Å². The SMILES string of the molecule is COc1cc2nc(N3CCN(C)CC3)nc(NC3CCN(Cc4cccc(C)c4)CC3)c2cc1OC. The Kier molecular flexibility index (Phi) is 7.43. The monoisotopic (exact) mass is 490 g/mol. The van der Waals surface area contributed by atoms with Crippen LogP contribution in [0.1, 0.15) is 24.0 Å². The number of aryl methyl sites for hydroxylation is 1. The lowest BCUT2D eigenvalue weighted by Gasteiger charge is -2.34. The number of methoxy groups -OCH3 is 2. The van der Waals surface area contributed by atoms with Crippen LogP contribution >= 0.6 is 0 Å². The maximum absolute atomic E-state index is 5.60. The van der Waals surface area contributed by atoms with E-state index in [1.165, 1.54) is 11.1 Å². The first-order valence-corrected chi connectivity index (χ1v) is 12.9. The summed E-state index contributed by atoms with van der Waals surface area (Å²) in [5, 5.41) is 4.75. The molecule has 0 atom stereocenters. The van der Waals surface area contributed by atoms with Crippen LogP contribution in [0.25, 0.3) is 10.9 Å². The van der Waals surface area contributed by atoms with Gasteiger partial charge in [-0.2, -0.15) is 4.98 Å². The Hall–Kier alpha value is -3.10. The number of piperazine rings is 1. The van der Waals surface area contributed by atoms with Crippen LogP contribution in [0.5, 0.6) is 11.5 Å². The summed E-state index contributed by atoms with van der Waals surface area (Å²) in [6.07, 6.45) is 2.16. The Bertz CT molecular complexity index is 1190. The zero-order chi connectivity index (χ0) is 25.1. The summed E-state index contributed by atoms with van der Waals surface area (Å²) >= 11 is 0. The zero-order valence-electron chi connectivity index (χ0n) is 22.0. The van der Waals surface area contributed by atoms with Gasteiger partial charge in [-0.15, -0.1) is 0 Å². The van der Waals surface area contributed by atoms with Crippen LogP contribution in [0, 0.1) is 6.92 Å². The van der Waals surface area contributed by atoms with Gasteiger partial charge in [-0.1, -0.05) is 29.8 Å². The standard InChI is InChI=1S/C28H38N6O2/c1-20-6-5-7-21(16-20)19-33-10-8-22(9-11-33)29-27-23-17-25(35-3)26(36-4)18-24(23)30-28(31-27)34-14-12-32(2)13-15-34/h5-7,16-18,22H,8-15,19H2,1-4H3,(H,29,30,31). The molecule has 3 aromatic rings. The summed E-state index contributed by atoms with van der Waals surface area (Å²) in [5.74, 6) is 3.04. The van der Waals surface area contributed by atoms with Crippen LogP contribution in [0.15, 0.2) is 36.4 Å². The number of nitrogens with one attached hydrogen (secondary N) is 1. The lowest BCUT2D eigenvalue weighted by Crippen LogP contribution is -2.45. The predicted molar refractivity (Wildman–Crippen MR) is 145 cm³/mol. The topological polar surface area (TPSA) is 66.0 Å². The van der Waals surface area contributed by atoms with Gasteiger partial charge in [-0.25, -0.2) is 4.98 Å². The average Bonchev–Trinajstić information content (AvgIpc) is 2.89. The van der Waals surface area contributed by atoms with Crippen LogP contribution in [0.2, 0.25) is 0 Å². The number of nitrogens with zero attached hydrogens (tertiary/aromatic N) is 5. The molecular formula is C28H38N6O2. The highest BCUT2D eigenvalue weighted by molar-refractivity contribution is 5.93. The maximum atomic E-state index is 5.60. The van der Waals surface area contributed by atoms with Crippen LogP contribution in [-0.2, 0) is 6.54 Å². The predicted octanol–water partition coefficient (Wildman–Crippen LogP) is 3.78. The molecule has 0 bridgehead atoms. The second-order valence-electron chi connectivity index (χ2n) is 10.1. The van der Waals surface area contributed by atoms with E-state index in [1.807, 2.05) is 12.1 Å². The lowest BCUT2D eigenvalue weighted by molar-refractivity contribution is 0.211. The van der Waals surface area contributed by atoms with Gasteiger partial charge >= 0.3 is 0 Å². The Balaban J connectivity index is 1.36. The Morgan fingerprint density at radius 2 is 1.64 bits per heavy atom. The van der Waals surface area contributed by atoms with Crippen molar-refractivity contribution in [2.24, 2.45) is 0 Å². The van der Waals surface area contributed by atoms with Crippen LogP contribution in [0.4, 0.5) is 11.8 Å². The van der Waals surface area contributed by atoms with Gasteiger partial charge in [0.15, 0.2) is 11.5 Å². The molecule has 0 unspecified atom stereocenters. The number of likely N-dealkylation sites (tertiary alicyclic amines) is 1. The van der Waals surface area contributed by atoms with Crippen molar-refractivity contribution < 1.29 is 9.47 Å². The summed E-state index contributed by atoms with van der Waals surface area (Å²) in [7, 11) is 5.49. The van der Waals surface area contributed by atoms with Crippen LogP contribution in [-0.4, -0.2) is 86.3 Å². The van der Waals surface area contributed by atoms with Crippen molar-refractivity contribution in [3.8, 4) is 11.5 Å².